The summed E-state index contributed by atoms with van der Waals surface area (Å²) in [7, 11) is 0. The van der Waals surface area contributed by atoms with Crippen LogP contribution in [0.25, 0.3) is 0 Å². The van der Waals surface area contributed by atoms with Crippen LogP contribution in [0, 0.1) is 0 Å². The van der Waals surface area contributed by atoms with Gasteiger partial charge in [-0.15, -0.1) is 0 Å². The molecule has 2 atom stereocenters. The summed E-state index contributed by atoms with van der Waals surface area (Å²) in [5.74, 6) is -0.884. The first kappa shape index (κ1) is 25.4. The van der Waals surface area contributed by atoms with E-state index in [0.717, 1.165) is 16.5 Å². The third-order valence-electron chi connectivity index (χ3n) is 5.54. The molecular weight excluding hydrogens is 482 g/mol. The number of ether oxygens (including phenoxy) is 2. The van der Waals surface area contributed by atoms with Gasteiger partial charge in [-0.3, -0.25) is 4.79 Å². The lowest BCUT2D eigenvalue weighted by molar-refractivity contribution is -0.141. The minimum atomic E-state index is -4.73. The molecule has 190 valence electrons. The number of hydrogen-bond acceptors (Lipinski definition) is 6. The van der Waals surface area contributed by atoms with Crippen LogP contribution < -0.4 is 15.2 Å². The lowest BCUT2D eigenvalue weighted by Gasteiger charge is -2.18. The monoisotopic (exact) mass is 505 g/mol. The summed E-state index contributed by atoms with van der Waals surface area (Å²) in [6, 6.07) is 15.4. The van der Waals surface area contributed by atoms with E-state index in [2.05, 4.69) is 4.98 Å². The van der Waals surface area contributed by atoms with Crippen LogP contribution in [-0.4, -0.2) is 46.3 Å². The first-order chi connectivity index (χ1) is 17.1. The number of likely N-dealkylation sites (tertiary alicyclic amines) is 1. The van der Waals surface area contributed by atoms with Gasteiger partial charge >= 0.3 is 6.18 Å². The molecule has 1 amide bonds. The molecule has 0 radical (unpaired) electrons. The maximum absolute atomic E-state index is 13.7. The number of carbonyl (C=O) groups is 1. The van der Waals surface area contributed by atoms with Crippen molar-refractivity contribution in [3.8, 4) is 17.4 Å². The molecule has 11 heteroatoms. The highest BCUT2D eigenvalue weighted by Crippen LogP contribution is 2.36. The molecular formula is C25H23F4N3O4. The third-order valence-corrected chi connectivity index (χ3v) is 5.54. The normalized spacial score (nSPS) is 17.8. The number of nitrogens with zero attached hydrogens (tertiary/aromatic N) is 2. The number of carbonyl (C=O) groups excluding carboxylic acids is 1. The molecule has 4 rings (SSSR count). The molecule has 3 N–H and O–H groups in total. The number of rotatable bonds is 7. The summed E-state index contributed by atoms with van der Waals surface area (Å²) in [6.07, 6.45) is -7.59. The van der Waals surface area contributed by atoms with Gasteiger partial charge in [0.2, 0.25) is 5.88 Å². The van der Waals surface area contributed by atoms with Crippen molar-refractivity contribution in [1.29, 1.82) is 0 Å². The van der Waals surface area contributed by atoms with E-state index in [9.17, 15) is 27.5 Å². The standard InChI is InChI=1S/C25H23F4N3O4/c26-18-12-32(13-19(18)33)24(34)17-6-7-20(35-14-15-4-2-1-3-5-15)21(10-17)36-23-9-16(11-30)8-22(31-23)25(27,28)29/h1-10,18-19,33H,11-14,30H2/t18-,19-/m0/s1. The summed E-state index contributed by atoms with van der Waals surface area (Å²) in [5.41, 5.74) is 5.41. The molecule has 1 aliphatic heterocycles. The van der Waals surface area contributed by atoms with Crippen molar-refractivity contribution in [2.45, 2.75) is 31.6 Å². The second kappa shape index (κ2) is 10.5. The fraction of sp³-hybridized carbons (Fsp3) is 0.280. The van der Waals surface area contributed by atoms with Crippen molar-refractivity contribution >= 4 is 5.91 Å². The molecule has 0 saturated carbocycles. The number of hydrogen-bond donors (Lipinski definition) is 2. The van der Waals surface area contributed by atoms with Crippen molar-refractivity contribution in [3.63, 3.8) is 0 Å². The van der Waals surface area contributed by atoms with Crippen LogP contribution in [0.15, 0.2) is 60.7 Å². The zero-order chi connectivity index (χ0) is 25.9. The van der Waals surface area contributed by atoms with Gasteiger partial charge in [0, 0.05) is 24.7 Å². The Bertz CT molecular complexity index is 1210. The highest BCUT2D eigenvalue weighted by atomic mass is 19.4. The molecule has 1 saturated heterocycles. The first-order valence-corrected chi connectivity index (χ1v) is 11.0. The molecule has 0 spiro atoms. The van der Waals surface area contributed by atoms with Crippen LogP contribution in [0.3, 0.4) is 0 Å². The van der Waals surface area contributed by atoms with E-state index in [1.54, 1.807) is 0 Å². The van der Waals surface area contributed by atoms with Gasteiger partial charge < -0.3 is 25.2 Å². The summed E-state index contributed by atoms with van der Waals surface area (Å²) < 4.78 is 65.2. The first-order valence-electron chi connectivity index (χ1n) is 11.0. The molecule has 1 aromatic heterocycles. The van der Waals surface area contributed by atoms with Crippen molar-refractivity contribution < 1.29 is 36.9 Å². The van der Waals surface area contributed by atoms with Gasteiger partial charge in [-0.2, -0.15) is 13.2 Å². The predicted octanol–water partition coefficient (Wildman–Crippen LogP) is 4.09. The molecule has 0 unspecified atom stereocenters. The number of pyridine rings is 1. The fourth-order valence-electron chi connectivity index (χ4n) is 3.66. The Kier molecular flexibility index (Phi) is 7.41. The smallest absolute Gasteiger partial charge is 0.433 e. The van der Waals surface area contributed by atoms with E-state index in [0.29, 0.717) is 0 Å². The molecule has 3 aromatic rings. The quantitative estimate of drug-likeness (QED) is 0.470. The lowest BCUT2D eigenvalue weighted by Crippen LogP contribution is -2.29. The third kappa shape index (κ3) is 5.92. The minimum Gasteiger partial charge on any atom is -0.485 e. The van der Waals surface area contributed by atoms with Crippen LogP contribution >= 0.6 is 0 Å². The molecule has 2 aromatic carbocycles. The molecule has 36 heavy (non-hydrogen) atoms. The Balaban J connectivity index is 1.67. The summed E-state index contributed by atoms with van der Waals surface area (Å²) in [4.78, 5) is 17.6. The summed E-state index contributed by atoms with van der Waals surface area (Å²) in [5, 5.41) is 9.65. The predicted molar refractivity (Wildman–Crippen MR) is 121 cm³/mol. The van der Waals surface area contributed by atoms with Gasteiger partial charge in [-0.1, -0.05) is 30.3 Å². The molecule has 0 bridgehead atoms. The van der Waals surface area contributed by atoms with E-state index in [1.807, 2.05) is 30.3 Å². The van der Waals surface area contributed by atoms with Gasteiger partial charge in [-0.25, -0.2) is 9.37 Å². The van der Waals surface area contributed by atoms with Gasteiger partial charge in [0.25, 0.3) is 5.91 Å². The average molecular weight is 505 g/mol. The van der Waals surface area contributed by atoms with E-state index >= 15 is 0 Å². The number of nitrogens with two attached hydrogens (primary N) is 1. The number of aliphatic hydroxyl groups excluding tert-OH is 1. The van der Waals surface area contributed by atoms with E-state index in [1.165, 1.54) is 24.3 Å². The maximum atomic E-state index is 13.7. The summed E-state index contributed by atoms with van der Waals surface area (Å²) >= 11 is 0. The topological polar surface area (TPSA) is 97.9 Å². The Hall–Kier alpha value is -3.70. The average Bonchev–Trinajstić information content (AvgIpc) is 3.20. The number of β-amino-alcohol motifs (C(OH)–C–C–N with tert-alkyl or cyclic N) is 1. The van der Waals surface area contributed by atoms with Gasteiger partial charge in [0.05, 0.1) is 6.54 Å². The highest BCUT2D eigenvalue weighted by molar-refractivity contribution is 5.95. The van der Waals surface area contributed by atoms with Crippen LogP contribution in [0.1, 0.15) is 27.2 Å². The molecule has 2 heterocycles. The minimum absolute atomic E-state index is 0.0666. The fourth-order valence-corrected chi connectivity index (χ4v) is 3.66. The number of amides is 1. The lowest BCUT2D eigenvalue weighted by atomic mass is 10.1. The molecule has 1 fully saturated rings. The second-order valence-corrected chi connectivity index (χ2v) is 8.23. The van der Waals surface area contributed by atoms with E-state index in [4.69, 9.17) is 15.2 Å². The molecule has 7 nitrogen and oxygen atoms in total. The van der Waals surface area contributed by atoms with E-state index in [-0.39, 0.29) is 54.7 Å². The van der Waals surface area contributed by atoms with Gasteiger partial charge in [-0.05, 0) is 35.4 Å². The van der Waals surface area contributed by atoms with Crippen LogP contribution in [-0.2, 0) is 19.3 Å². The van der Waals surface area contributed by atoms with Crippen molar-refractivity contribution in [2.24, 2.45) is 5.73 Å². The van der Waals surface area contributed by atoms with Crippen LogP contribution in [0.2, 0.25) is 0 Å². The van der Waals surface area contributed by atoms with Crippen molar-refractivity contribution in [2.75, 3.05) is 13.1 Å². The SMILES string of the molecule is NCc1cc(Oc2cc(C(=O)N3C[C@H](O)[C@@H](F)C3)ccc2OCc2ccccc2)nc(C(F)(F)F)c1. The molecule has 1 aliphatic rings. The highest BCUT2D eigenvalue weighted by Gasteiger charge is 2.35. The largest absolute Gasteiger partial charge is 0.485 e. The Morgan fingerprint density at radius 1 is 1.06 bits per heavy atom. The maximum Gasteiger partial charge on any atom is 0.433 e. The number of aliphatic hydroxyl groups is 1. The Morgan fingerprint density at radius 3 is 2.44 bits per heavy atom. The number of halogens is 4. The Labute approximate surface area is 204 Å². The van der Waals surface area contributed by atoms with Crippen molar-refractivity contribution in [3.05, 3.63) is 83.0 Å². The number of benzene rings is 2. The van der Waals surface area contributed by atoms with Gasteiger partial charge in [0.1, 0.15) is 24.6 Å². The van der Waals surface area contributed by atoms with Crippen molar-refractivity contribution in [1.82, 2.24) is 9.88 Å². The zero-order valence-electron chi connectivity index (χ0n) is 18.9. The van der Waals surface area contributed by atoms with E-state index < -0.39 is 30.1 Å². The van der Waals surface area contributed by atoms with Crippen LogP contribution in [0.5, 0.6) is 17.4 Å². The molecule has 0 aliphatic carbocycles. The number of aromatic nitrogens is 1. The van der Waals surface area contributed by atoms with Gasteiger partial charge in [0.15, 0.2) is 11.5 Å². The summed E-state index contributed by atoms with van der Waals surface area (Å²) in [6.45, 7) is -0.523. The second-order valence-electron chi connectivity index (χ2n) is 8.23. The zero-order valence-corrected chi connectivity index (χ0v) is 18.9. The Morgan fingerprint density at radius 2 is 1.81 bits per heavy atom. The number of alkyl halides is 4. The van der Waals surface area contributed by atoms with Crippen LogP contribution in [0.4, 0.5) is 17.6 Å².